The molecule has 4 aromatic carbocycles. The second-order valence-electron chi connectivity index (χ2n) is 11.2. The lowest BCUT2D eigenvalue weighted by Gasteiger charge is -2.27. The molecule has 9 heteroatoms. The number of ether oxygens (including phenoxy) is 1. The van der Waals surface area contributed by atoms with Crippen molar-refractivity contribution in [2.24, 2.45) is 0 Å². The molecule has 0 aliphatic rings. The maximum Gasteiger partial charge on any atom is 0.340 e. The molecule has 0 heterocycles. The van der Waals surface area contributed by atoms with E-state index in [1.54, 1.807) is 32.0 Å². The maximum absolute atomic E-state index is 12.1. The van der Waals surface area contributed by atoms with Gasteiger partial charge in [-0.25, -0.2) is 9.59 Å². The van der Waals surface area contributed by atoms with Gasteiger partial charge in [0.2, 0.25) is 5.75 Å². The molecule has 0 amide bonds. The number of aromatic carboxylic acids is 2. The number of carboxylic acids is 2. The van der Waals surface area contributed by atoms with Gasteiger partial charge in [-0.2, -0.15) is 0 Å². The van der Waals surface area contributed by atoms with Crippen LogP contribution in [-0.4, -0.2) is 49.2 Å². The molecular weight excluding hydrogens is 504 g/mol. The highest BCUT2D eigenvalue weighted by atomic mass is 16.5. The van der Waals surface area contributed by atoms with Gasteiger partial charge in [0.15, 0.2) is 23.0 Å². The van der Waals surface area contributed by atoms with Crippen LogP contribution in [0.15, 0.2) is 42.5 Å². The highest BCUT2D eigenvalue weighted by Gasteiger charge is 2.28. The van der Waals surface area contributed by atoms with Crippen molar-refractivity contribution in [3.63, 3.8) is 0 Å². The Bertz CT molecular complexity index is 1660. The summed E-state index contributed by atoms with van der Waals surface area (Å²) in [5.41, 5.74) is -0.234. The fourth-order valence-electron chi connectivity index (χ4n) is 4.59. The van der Waals surface area contributed by atoms with Gasteiger partial charge in [0, 0.05) is 21.6 Å². The molecule has 0 unspecified atom stereocenters. The Hall–Kier alpha value is -4.66. The van der Waals surface area contributed by atoms with Crippen molar-refractivity contribution in [1.82, 2.24) is 0 Å². The minimum Gasteiger partial charge on any atom is -0.504 e. The monoisotopic (exact) mass is 534 g/mol. The fourth-order valence-corrected chi connectivity index (χ4v) is 4.59. The summed E-state index contributed by atoms with van der Waals surface area (Å²) in [6, 6.07) is 11.5. The minimum absolute atomic E-state index is 0.0154. The summed E-state index contributed by atoms with van der Waals surface area (Å²) in [6.45, 7) is 9.68. The topological polar surface area (TPSA) is 165 Å². The SMILES string of the molecule is CC(C)(C)c1ccc2c(C(=O)O)c(O)c(OCC(C)(C)c3ccc4c(C(=O)O)c(O)c(O)c(O)c4c3)cc2c1. The van der Waals surface area contributed by atoms with Crippen LogP contribution < -0.4 is 4.74 Å². The Morgan fingerprint density at radius 3 is 1.82 bits per heavy atom. The summed E-state index contributed by atoms with van der Waals surface area (Å²) in [7, 11) is 0. The molecule has 204 valence electrons. The molecule has 0 atom stereocenters. The zero-order chi connectivity index (χ0) is 29.0. The second kappa shape index (κ2) is 9.27. The van der Waals surface area contributed by atoms with E-state index in [1.165, 1.54) is 12.1 Å². The van der Waals surface area contributed by atoms with Gasteiger partial charge < -0.3 is 35.4 Å². The van der Waals surface area contributed by atoms with Crippen LogP contribution in [0.3, 0.4) is 0 Å². The van der Waals surface area contributed by atoms with Gasteiger partial charge in [-0.05, 0) is 34.1 Å². The number of carboxylic acid groups (broad SMARTS) is 2. The maximum atomic E-state index is 12.1. The molecule has 0 aromatic heterocycles. The Morgan fingerprint density at radius 1 is 0.667 bits per heavy atom. The molecule has 0 saturated heterocycles. The van der Waals surface area contributed by atoms with Crippen molar-refractivity contribution in [3.8, 4) is 28.7 Å². The summed E-state index contributed by atoms with van der Waals surface area (Å²) < 4.78 is 5.97. The molecule has 0 spiro atoms. The zero-order valence-corrected chi connectivity index (χ0v) is 22.2. The van der Waals surface area contributed by atoms with E-state index in [0.29, 0.717) is 16.3 Å². The molecule has 39 heavy (non-hydrogen) atoms. The first-order valence-electron chi connectivity index (χ1n) is 12.1. The van der Waals surface area contributed by atoms with Gasteiger partial charge in [-0.1, -0.05) is 65.0 Å². The smallest absolute Gasteiger partial charge is 0.340 e. The van der Waals surface area contributed by atoms with Gasteiger partial charge in [0.25, 0.3) is 0 Å². The number of phenols is 4. The van der Waals surface area contributed by atoms with Crippen LogP contribution in [0.1, 0.15) is 66.5 Å². The van der Waals surface area contributed by atoms with E-state index in [0.717, 1.165) is 5.56 Å². The number of fused-ring (bicyclic) bond motifs is 2. The molecule has 6 N–H and O–H groups in total. The number of phenolic OH excluding ortho intramolecular Hbond substituents is 2. The number of hydrogen-bond acceptors (Lipinski definition) is 7. The van der Waals surface area contributed by atoms with Gasteiger partial charge in [0.1, 0.15) is 11.1 Å². The highest BCUT2D eigenvalue weighted by Crippen LogP contribution is 2.46. The summed E-state index contributed by atoms with van der Waals surface area (Å²) in [5.74, 6) is -5.83. The third-order valence-corrected chi connectivity index (χ3v) is 6.97. The number of aromatic hydroxyl groups is 4. The van der Waals surface area contributed by atoms with Crippen molar-refractivity contribution < 1.29 is 45.0 Å². The summed E-state index contributed by atoms with van der Waals surface area (Å²) in [6.07, 6.45) is 0. The molecule has 4 aromatic rings. The van der Waals surface area contributed by atoms with Crippen LogP contribution in [0.4, 0.5) is 0 Å². The zero-order valence-electron chi connectivity index (χ0n) is 22.2. The van der Waals surface area contributed by atoms with Crippen LogP contribution in [0.2, 0.25) is 0 Å². The number of hydrogen-bond donors (Lipinski definition) is 6. The third kappa shape index (κ3) is 4.71. The van der Waals surface area contributed by atoms with Crippen molar-refractivity contribution in [2.75, 3.05) is 6.61 Å². The Balaban J connectivity index is 1.77. The first-order chi connectivity index (χ1) is 18.0. The summed E-state index contributed by atoms with van der Waals surface area (Å²) in [4.78, 5) is 23.7. The fraction of sp³-hybridized carbons (Fsp3) is 0.267. The standard InChI is InChI=1S/C30H30O9/c1-29(2,3)15-6-8-17-14(10-15)11-20(24(32)21(17)27(35)36)39-13-30(4,5)16-7-9-18-19(12-16)23(31)26(34)25(33)22(18)28(37)38/h6-12,31-34H,13H2,1-5H3,(H,35,36)(H,37,38). The average molecular weight is 535 g/mol. The molecule has 0 aliphatic carbocycles. The van der Waals surface area contributed by atoms with Gasteiger partial charge in [-0.3, -0.25) is 0 Å². The largest absolute Gasteiger partial charge is 0.504 e. The predicted molar refractivity (Wildman–Crippen MR) is 146 cm³/mol. The molecule has 4 rings (SSSR count). The number of rotatable bonds is 6. The molecule has 0 fully saturated rings. The molecule has 9 nitrogen and oxygen atoms in total. The van der Waals surface area contributed by atoms with E-state index in [4.69, 9.17) is 4.74 Å². The number of benzene rings is 4. The molecule has 0 radical (unpaired) electrons. The van der Waals surface area contributed by atoms with Crippen LogP contribution in [0, 0.1) is 0 Å². The highest BCUT2D eigenvalue weighted by molar-refractivity contribution is 6.10. The first kappa shape index (κ1) is 27.4. The quantitative estimate of drug-likeness (QED) is 0.166. The van der Waals surface area contributed by atoms with E-state index in [2.05, 4.69) is 0 Å². The molecular formula is C30H30O9. The van der Waals surface area contributed by atoms with Gasteiger partial charge >= 0.3 is 11.9 Å². The predicted octanol–water partition coefficient (Wildman–Crippen LogP) is 5.87. The van der Waals surface area contributed by atoms with Crippen molar-refractivity contribution in [3.05, 3.63) is 64.7 Å². The Kier molecular flexibility index (Phi) is 6.51. The van der Waals surface area contributed by atoms with E-state index in [1.807, 2.05) is 32.9 Å². The lowest BCUT2D eigenvalue weighted by atomic mass is 9.83. The van der Waals surface area contributed by atoms with E-state index in [-0.39, 0.29) is 34.1 Å². The van der Waals surface area contributed by atoms with Crippen molar-refractivity contribution in [2.45, 2.75) is 45.4 Å². The number of carbonyl (C=O) groups is 2. The van der Waals surface area contributed by atoms with Gasteiger partial charge in [0.05, 0.1) is 6.61 Å². The van der Waals surface area contributed by atoms with E-state index < -0.39 is 45.9 Å². The van der Waals surface area contributed by atoms with Gasteiger partial charge in [-0.15, -0.1) is 0 Å². The third-order valence-electron chi connectivity index (χ3n) is 6.97. The summed E-state index contributed by atoms with van der Waals surface area (Å²) >= 11 is 0. The van der Waals surface area contributed by atoms with Crippen molar-refractivity contribution in [1.29, 1.82) is 0 Å². The lowest BCUT2D eigenvalue weighted by Crippen LogP contribution is -2.26. The average Bonchev–Trinajstić information content (AvgIpc) is 2.84. The second-order valence-corrected chi connectivity index (χ2v) is 11.2. The summed E-state index contributed by atoms with van der Waals surface area (Å²) in [5, 5.41) is 61.7. The lowest BCUT2D eigenvalue weighted by molar-refractivity contribution is 0.0684. The van der Waals surface area contributed by atoms with E-state index in [9.17, 15) is 40.2 Å². The van der Waals surface area contributed by atoms with E-state index >= 15 is 0 Å². The van der Waals surface area contributed by atoms with Crippen LogP contribution in [0.25, 0.3) is 21.5 Å². The van der Waals surface area contributed by atoms with Crippen LogP contribution in [-0.2, 0) is 10.8 Å². The van der Waals surface area contributed by atoms with Crippen LogP contribution >= 0.6 is 0 Å². The minimum atomic E-state index is -1.47. The van der Waals surface area contributed by atoms with Crippen LogP contribution in [0.5, 0.6) is 28.7 Å². The Labute approximate surface area is 224 Å². The molecule has 0 aliphatic heterocycles. The molecule has 0 bridgehead atoms. The van der Waals surface area contributed by atoms with Crippen molar-refractivity contribution >= 4 is 33.5 Å². The molecule has 0 saturated carbocycles. The Morgan fingerprint density at radius 2 is 1.23 bits per heavy atom. The normalized spacial score (nSPS) is 12.1. The first-order valence-corrected chi connectivity index (χ1v) is 12.1.